The Morgan fingerprint density at radius 3 is 1.06 bits per heavy atom. The highest BCUT2D eigenvalue weighted by Crippen LogP contribution is 2.58. The molecule has 3 aromatic carbocycles. The van der Waals surface area contributed by atoms with Crippen LogP contribution in [-0.2, 0) is 10.9 Å². The van der Waals surface area contributed by atoms with Crippen molar-refractivity contribution in [3.8, 4) is 0 Å². The fourth-order valence-electron chi connectivity index (χ4n) is 2.50. The Morgan fingerprint density at radius 2 is 0.806 bits per heavy atom. The van der Waals surface area contributed by atoms with Crippen LogP contribution in [0.5, 0.6) is 0 Å². The highest BCUT2D eigenvalue weighted by molar-refractivity contribution is 8.14. The summed E-state index contributed by atoms with van der Waals surface area (Å²) in [6.07, 6.45) is 0. The molecule has 0 amide bonds. The van der Waals surface area contributed by atoms with Crippen LogP contribution in [0.3, 0.4) is 0 Å². The molecule has 0 saturated carbocycles. The van der Waals surface area contributed by atoms with E-state index in [1.165, 1.54) is 18.8 Å². The Hall–Kier alpha value is -1.75. The van der Waals surface area contributed by atoms with E-state index in [4.69, 9.17) is 0 Å². The van der Waals surface area contributed by atoms with E-state index in [9.17, 15) is 26.3 Å². The molecule has 1 aliphatic rings. The molecular weight excluding hydrogens is 476 g/mol. The molecule has 4 rings (SSSR count). The Kier molecular flexibility index (Phi) is 7.56. The van der Waals surface area contributed by atoms with Crippen molar-refractivity contribution in [1.29, 1.82) is 0 Å². The molecule has 1 N–H and O–H groups in total. The van der Waals surface area contributed by atoms with Crippen LogP contribution < -0.4 is 4.13 Å². The second kappa shape index (κ2) is 9.81. The zero-order valence-corrected chi connectivity index (χ0v) is 18.1. The molecule has 1 heterocycles. The van der Waals surface area contributed by atoms with Crippen molar-refractivity contribution >= 4 is 34.8 Å². The first-order valence-corrected chi connectivity index (χ1v) is 11.7. The molecule has 10 heteroatoms. The quantitative estimate of drug-likeness (QED) is 0.231. The van der Waals surface area contributed by atoms with Crippen LogP contribution >= 0.6 is 23.9 Å². The Morgan fingerprint density at radius 1 is 0.516 bits per heavy atom. The molecule has 0 aliphatic carbocycles. The zero-order chi connectivity index (χ0) is 22.5. The van der Waals surface area contributed by atoms with E-state index < -0.39 is 40.3 Å². The standard InChI is InChI=1S/C18H15S.C3HF6NS2/c1-4-10-16(11-5-1)19(17-12-6-2-7-13-17)18-14-8-3-9-15-18;4-1(5)2(6,7)11-10-12-3(1,8)9/h1-15H;10H/q+1;. The third kappa shape index (κ3) is 5.36. The van der Waals surface area contributed by atoms with Gasteiger partial charge < -0.3 is 0 Å². The SMILES string of the molecule is FC1(F)SNSC(F)(F)C1(F)F.c1ccc([S+](c2ccccc2)c2ccccc2)cc1. The van der Waals surface area contributed by atoms with Gasteiger partial charge in [-0.1, -0.05) is 54.6 Å². The summed E-state index contributed by atoms with van der Waals surface area (Å²) < 4.78 is 74.3. The van der Waals surface area contributed by atoms with Gasteiger partial charge in [-0.25, -0.2) is 0 Å². The van der Waals surface area contributed by atoms with Gasteiger partial charge >= 0.3 is 16.4 Å². The summed E-state index contributed by atoms with van der Waals surface area (Å²) in [5.74, 6) is -5.33. The molecule has 0 aromatic heterocycles. The minimum absolute atomic E-state index is 0.0146. The zero-order valence-electron chi connectivity index (χ0n) is 15.7. The fraction of sp³-hybridized carbons (Fsp3) is 0.143. The number of nitrogens with one attached hydrogen (secondary N) is 1. The third-order valence-corrected chi connectivity index (χ3v) is 7.93. The highest BCUT2D eigenvalue weighted by atomic mass is 32.2. The second-order valence-corrected chi connectivity index (χ2v) is 10.3. The van der Waals surface area contributed by atoms with Crippen molar-refractivity contribution in [3.63, 3.8) is 0 Å². The predicted molar refractivity (Wildman–Crippen MR) is 115 cm³/mol. The molecule has 0 unspecified atom stereocenters. The van der Waals surface area contributed by atoms with Crippen LogP contribution in [0.2, 0.25) is 0 Å². The molecular formula is C21H16F6NS3+. The van der Waals surface area contributed by atoms with E-state index in [0.717, 1.165) is 0 Å². The molecule has 0 spiro atoms. The number of hydrogen-bond donors (Lipinski definition) is 1. The first-order chi connectivity index (χ1) is 14.7. The molecule has 164 valence electrons. The van der Waals surface area contributed by atoms with E-state index in [2.05, 4.69) is 91.0 Å². The van der Waals surface area contributed by atoms with E-state index in [1.54, 1.807) is 0 Å². The van der Waals surface area contributed by atoms with E-state index in [-0.39, 0.29) is 10.9 Å². The minimum Gasteiger partial charge on any atom is -0.198 e. The summed E-state index contributed by atoms with van der Waals surface area (Å²) in [6.45, 7) is 0. The van der Waals surface area contributed by atoms with E-state index >= 15 is 0 Å². The summed E-state index contributed by atoms with van der Waals surface area (Å²) in [5, 5.41) is -9.58. The fourth-order valence-corrected chi connectivity index (χ4v) is 6.19. The molecule has 3 aromatic rings. The maximum atomic E-state index is 12.2. The van der Waals surface area contributed by atoms with Gasteiger partial charge in [0, 0.05) is 23.9 Å². The van der Waals surface area contributed by atoms with Crippen LogP contribution in [-0.4, -0.2) is 16.4 Å². The lowest BCUT2D eigenvalue weighted by molar-refractivity contribution is -0.239. The minimum atomic E-state index is -5.33. The molecule has 1 saturated heterocycles. The summed E-state index contributed by atoms with van der Waals surface area (Å²) in [5.41, 5.74) is 0. The van der Waals surface area contributed by atoms with E-state index in [0.29, 0.717) is 0 Å². The molecule has 0 bridgehead atoms. The van der Waals surface area contributed by atoms with Gasteiger partial charge in [-0.2, -0.15) is 30.5 Å². The first kappa shape index (κ1) is 23.9. The highest BCUT2D eigenvalue weighted by Gasteiger charge is 2.75. The molecule has 1 nitrogen and oxygen atoms in total. The number of hydrogen-bond acceptors (Lipinski definition) is 3. The lowest BCUT2D eigenvalue weighted by Crippen LogP contribution is -2.55. The number of alkyl halides is 6. The van der Waals surface area contributed by atoms with Gasteiger partial charge in [-0.15, -0.1) is 0 Å². The molecule has 1 aliphatic heterocycles. The van der Waals surface area contributed by atoms with Gasteiger partial charge in [0.15, 0.2) is 14.7 Å². The predicted octanol–water partition coefficient (Wildman–Crippen LogP) is 7.49. The normalized spacial score (nSPS) is 18.7. The summed E-state index contributed by atoms with van der Waals surface area (Å²) >= 11 is -1.44. The summed E-state index contributed by atoms with van der Waals surface area (Å²) in [4.78, 5) is 4.08. The van der Waals surface area contributed by atoms with Gasteiger partial charge in [0.05, 0.1) is 10.9 Å². The Balaban J connectivity index is 0.000000196. The van der Waals surface area contributed by atoms with Crippen LogP contribution in [0.1, 0.15) is 0 Å². The number of rotatable bonds is 3. The lowest BCUT2D eigenvalue weighted by Gasteiger charge is -2.35. The van der Waals surface area contributed by atoms with Crippen molar-refractivity contribution in [2.45, 2.75) is 31.1 Å². The third-order valence-electron chi connectivity index (χ3n) is 4.01. The first-order valence-electron chi connectivity index (χ1n) is 8.79. The van der Waals surface area contributed by atoms with Crippen LogP contribution in [0.15, 0.2) is 106 Å². The van der Waals surface area contributed by atoms with Gasteiger partial charge in [-0.05, 0) is 36.4 Å². The smallest absolute Gasteiger partial charge is 0.198 e. The number of halogens is 6. The topological polar surface area (TPSA) is 12.0 Å². The van der Waals surface area contributed by atoms with Gasteiger partial charge in [0.25, 0.3) is 0 Å². The molecule has 1 fully saturated rings. The molecule has 31 heavy (non-hydrogen) atoms. The van der Waals surface area contributed by atoms with E-state index in [1.807, 2.05) is 0 Å². The van der Waals surface area contributed by atoms with Crippen LogP contribution in [0.4, 0.5) is 26.3 Å². The molecule has 0 atom stereocenters. The maximum Gasteiger partial charge on any atom is 0.394 e. The molecule has 0 radical (unpaired) electrons. The van der Waals surface area contributed by atoms with Crippen molar-refractivity contribution in [2.24, 2.45) is 0 Å². The van der Waals surface area contributed by atoms with Crippen LogP contribution in [0.25, 0.3) is 0 Å². The van der Waals surface area contributed by atoms with Crippen molar-refractivity contribution in [2.75, 3.05) is 0 Å². The van der Waals surface area contributed by atoms with Gasteiger partial charge in [0.1, 0.15) is 0 Å². The largest absolute Gasteiger partial charge is 0.394 e. The average molecular weight is 493 g/mol. The Labute approximate surface area is 187 Å². The lowest BCUT2D eigenvalue weighted by atomic mass is 10.3. The number of benzene rings is 3. The van der Waals surface area contributed by atoms with Crippen molar-refractivity contribution in [1.82, 2.24) is 4.13 Å². The monoisotopic (exact) mass is 492 g/mol. The maximum absolute atomic E-state index is 12.2. The Bertz CT molecular complexity index is 847. The van der Waals surface area contributed by atoms with Crippen molar-refractivity contribution < 1.29 is 26.3 Å². The van der Waals surface area contributed by atoms with Gasteiger partial charge in [0.2, 0.25) is 0 Å². The summed E-state index contributed by atoms with van der Waals surface area (Å²) in [6, 6.07) is 32.2. The second-order valence-electron chi connectivity index (χ2n) is 6.14. The van der Waals surface area contributed by atoms with Crippen molar-refractivity contribution in [3.05, 3.63) is 91.0 Å². The van der Waals surface area contributed by atoms with Crippen LogP contribution in [0, 0.1) is 0 Å². The average Bonchev–Trinajstić information content (AvgIpc) is 2.75. The summed E-state index contributed by atoms with van der Waals surface area (Å²) in [7, 11) is -0.0146. The van der Waals surface area contributed by atoms with Gasteiger partial charge in [-0.3, -0.25) is 0 Å².